The predicted molar refractivity (Wildman–Crippen MR) is 143 cm³/mol. The summed E-state index contributed by atoms with van der Waals surface area (Å²) in [4.78, 5) is 12.7. The van der Waals surface area contributed by atoms with Crippen molar-refractivity contribution in [3.05, 3.63) is 97.6 Å². The molecule has 0 spiro atoms. The standard InChI is InChI=1S/C28H20N5O4P/c29-25-24-26(31-16-30-25)33(17-32-24)27-15-38(27,34)28(37-27,35-22-13-5-9-18-7-1-3-11-20(18)22)36-23-14-6-10-19-8-2-4-12-21(19)23/h1-14,16-17H,15H2,(H2,29,30,31). The molecule has 10 heteroatoms. The Balaban J connectivity index is 1.28. The summed E-state index contributed by atoms with van der Waals surface area (Å²) in [5.41, 5.74) is 3.84. The fourth-order valence-corrected chi connectivity index (χ4v) is 8.53. The molecule has 8 rings (SSSR count). The van der Waals surface area contributed by atoms with Crippen LogP contribution in [0.3, 0.4) is 0 Å². The topological polar surface area (TPSA) is 114 Å². The second-order valence-corrected chi connectivity index (χ2v) is 12.5. The molecule has 2 atom stereocenters. The third-order valence-electron chi connectivity index (χ3n) is 7.34. The Kier molecular flexibility index (Phi) is 4.16. The number of nitrogens with two attached hydrogens (primary N) is 1. The van der Waals surface area contributed by atoms with Crippen molar-refractivity contribution in [3.63, 3.8) is 0 Å². The number of fused-ring (bicyclic) bond motifs is 4. The first-order valence-electron chi connectivity index (χ1n) is 12.1. The van der Waals surface area contributed by atoms with E-state index < -0.39 is 18.3 Å². The fourth-order valence-electron chi connectivity index (χ4n) is 5.38. The van der Waals surface area contributed by atoms with Gasteiger partial charge in [0, 0.05) is 10.8 Å². The van der Waals surface area contributed by atoms with Crippen molar-refractivity contribution in [2.45, 2.75) is 11.2 Å². The van der Waals surface area contributed by atoms with Gasteiger partial charge in [0.15, 0.2) is 11.5 Å². The molecule has 2 aliphatic heterocycles. The van der Waals surface area contributed by atoms with E-state index >= 15 is 0 Å². The average Bonchev–Trinajstić information content (AvgIpc) is 3.22. The van der Waals surface area contributed by atoms with E-state index in [-0.39, 0.29) is 12.0 Å². The van der Waals surface area contributed by atoms with E-state index in [0.29, 0.717) is 22.7 Å². The first-order valence-corrected chi connectivity index (χ1v) is 14.0. The number of rotatable bonds is 5. The van der Waals surface area contributed by atoms with Crippen LogP contribution < -0.4 is 15.2 Å². The summed E-state index contributed by atoms with van der Waals surface area (Å²) >= 11 is 0. The highest BCUT2D eigenvalue weighted by atomic mass is 31.2. The Morgan fingerprint density at radius 2 is 1.42 bits per heavy atom. The normalized spacial score (nSPS) is 23.2. The molecular formula is C28H20N5O4P. The van der Waals surface area contributed by atoms with Crippen LogP contribution in [0, 0.1) is 0 Å². The number of aromatic nitrogens is 4. The van der Waals surface area contributed by atoms with E-state index in [1.54, 1.807) is 4.57 Å². The zero-order chi connectivity index (χ0) is 25.5. The second kappa shape index (κ2) is 7.31. The zero-order valence-corrected chi connectivity index (χ0v) is 20.8. The van der Waals surface area contributed by atoms with Crippen molar-refractivity contribution >= 4 is 45.7 Å². The Morgan fingerprint density at radius 1 is 0.816 bits per heavy atom. The summed E-state index contributed by atoms with van der Waals surface area (Å²) in [6.07, 6.45) is 3.09. The highest BCUT2D eigenvalue weighted by Gasteiger charge is 2.94. The van der Waals surface area contributed by atoms with Gasteiger partial charge in [0.05, 0.1) is 12.5 Å². The molecule has 38 heavy (non-hydrogen) atoms. The van der Waals surface area contributed by atoms with Gasteiger partial charge in [0.2, 0.25) is 5.47 Å². The molecule has 0 amide bonds. The quantitative estimate of drug-likeness (QED) is 0.234. The number of benzene rings is 4. The van der Waals surface area contributed by atoms with E-state index in [4.69, 9.17) is 19.9 Å². The van der Waals surface area contributed by atoms with Crippen molar-refractivity contribution in [1.29, 1.82) is 0 Å². The van der Waals surface area contributed by atoms with Crippen molar-refractivity contribution in [2.24, 2.45) is 0 Å². The Hall–Kier alpha value is -4.46. The van der Waals surface area contributed by atoms with Gasteiger partial charge >= 0.3 is 5.71 Å². The zero-order valence-electron chi connectivity index (χ0n) is 19.9. The third-order valence-corrected chi connectivity index (χ3v) is 10.6. The second-order valence-electron chi connectivity index (χ2n) is 9.47. The van der Waals surface area contributed by atoms with Crippen LogP contribution in [0.1, 0.15) is 0 Å². The molecule has 2 aliphatic rings. The minimum atomic E-state index is -3.31. The summed E-state index contributed by atoms with van der Waals surface area (Å²) in [6.45, 7) is 0. The third kappa shape index (κ3) is 2.69. The number of nitrogen functional groups attached to an aromatic ring is 1. The van der Waals surface area contributed by atoms with E-state index in [2.05, 4.69) is 15.0 Å². The first-order chi connectivity index (χ1) is 18.5. The first kappa shape index (κ1) is 21.6. The lowest BCUT2D eigenvalue weighted by Crippen LogP contribution is -2.54. The number of imidazole rings is 1. The van der Waals surface area contributed by atoms with Gasteiger partial charge in [0.1, 0.15) is 23.3 Å². The van der Waals surface area contributed by atoms with Gasteiger partial charge in [-0.15, -0.1) is 0 Å². The molecular weight excluding hydrogens is 501 g/mol. The largest absolute Gasteiger partial charge is 0.432 e. The average molecular weight is 521 g/mol. The van der Waals surface area contributed by atoms with Crippen LogP contribution in [0.15, 0.2) is 97.6 Å². The molecule has 0 bridgehead atoms. The number of ether oxygens (including phenoxy) is 3. The summed E-state index contributed by atoms with van der Waals surface area (Å²) in [5, 5.41) is 3.69. The van der Waals surface area contributed by atoms with Crippen molar-refractivity contribution in [1.82, 2.24) is 19.5 Å². The summed E-state index contributed by atoms with van der Waals surface area (Å²) in [6, 6.07) is 27.1. The molecule has 2 unspecified atom stereocenters. The highest BCUT2D eigenvalue weighted by Crippen LogP contribution is 2.94. The van der Waals surface area contributed by atoms with Gasteiger partial charge in [-0.25, -0.2) is 15.0 Å². The molecule has 2 N–H and O–H groups in total. The minimum Gasteiger partial charge on any atom is -0.424 e. The van der Waals surface area contributed by atoms with Gasteiger partial charge in [-0.1, -0.05) is 72.8 Å². The van der Waals surface area contributed by atoms with Gasteiger partial charge < -0.3 is 19.8 Å². The van der Waals surface area contributed by atoms with Gasteiger partial charge in [-0.05, 0) is 22.9 Å². The van der Waals surface area contributed by atoms with Crippen LogP contribution in [0.25, 0.3) is 32.7 Å². The molecule has 0 aliphatic carbocycles. The molecule has 0 saturated carbocycles. The molecule has 4 aromatic carbocycles. The van der Waals surface area contributed by atoms with Gasteiger partial charge in [-0.3, -0.25) is 9.30 Å². The molecule has 0 radical (unpaired) electrons. The van der Waals surface area contributed by atoms with Crippen LogP contribution >= 0.6 is 7.14 Å². The maximum atomic E-state index is 14.7. The van der Waals surface area contributed by atoms with Crippen LogP contribution in [-0.4, -0.2) is 31.4 Å². The van der Waals surface area contributed by atoms with Crippen LogP contribution in [0.4, 0.5) is 5.82 Å². The number of hydrogen-bond acceptors (Lipinski definition) is 8. The monoisotopic (exact) mass is 521 g/mol. The lowest BCUT2D eigenvalue weighted by atomic mass is 10.1. The fraction of sp³-hybridized carbons (Fsp3) is 0.107. The minimum absolute atomic E-state index is 0.199. The Labute approximate surface area is 216 Å². The van der Waals surface area contributed by atoms with E-state index in [1.807, 2.05) is 84.9 Å². The van der Waals surface area contributed by atoms with E-state index in [9.17, 15) is 4.57 Å². The Bertz CT molecular complexity index is 1880. The molecule has 2 fully saturated rings. The molecule has 6 aromatic rings. The predicted octanol–water partition coefficient (Wildman–Crippen LogP) is 5.50. The number of anilines is 1. The molecule has 186 valence electrons. The molecule has 4 heterocycles. The highest BCUT2D eigenvalue weighted by molar-refractivity contribution is 7.74. The lowest BCUT2D eigenvalue weighted by Gasteiger charge is -2.44. The van der Waals surface area contributed by atoms with Crippen LogP contribution in [0.5, 0.6) is 11.5 Å². The smallest absolute Gasteiger partial charge is 0.424 e. The number of hydrogen-bond donors (Lipinski definition) is 1. The summed E-state index contributed by atoms with van der Waals surface area (Å²) < 4.78 is 35.9. The van der Waals surface area contributed by atoms with Gasteiger partial charge in [-0.2, -0.15) is 0 Å². The molecule has 2 saturated heterocycles. The maximum absolute atomic E-state index is 14.7. The summed E-state index contributed by atoms with van der Waals surface area (Å²) in [7, 11) is -3.31. The van der Waals surface area contributed by atoms with Crippen molar-refractivity contribution in [3.8, 4) is 11.5 Å². The van der Waals surface area contributed by atoms with Crippen LogP contribution in [-0.2, 0) is 14.8 Å². The lowest BCUT2D eigenvalue weighted by molar-refractivity contribution is -0.303. The van der Waals surface area contributed by atoms with Crippen LogP contribution in [0.2, 0.25) is 0 Å². The van der Waals surface area contributed by atoms with Gasteiger partial charge in [0.25, 0.3) is 7.14 Å². The van der Waals surface area contributed by atoms with E-state index in [0.717, 1.165) is 21.5 Å². The summed E-state index contributed by atoms with van der Waals surface area (Å²) in [5.74, 6) is 1.27. The molecule has 9 nitrogen and oxygen atoms in total. The van der Waals surface area contributed by atoms with Crippen molar-refractivity contribution in [2.75, 3.05) is 11.9 Å². The SMILES string of the molecule is Nc1ncnc2c1ncn2C12CP1(=O)C(Oc1cccc3ccccc13)(Oc1cccc3ccccc13)O2. The number of nitrogens with zero attached hydrogens (tertiary/aromatic N) is 4. The molecule has 2 aromatic heterocycles. The van der Waals surface area contributed by atoms with E-state index in [1.165, 1.54) is 12.7 Å². The maximum Gasteiger partial charge on any atom is 0.432 e. The van der Waals surface area contributed by atoms with Crippen molar-refractivity contribution < 1.29 is 18.8 Å². The Morgan fingerprint density at radius 3 is 2.05 bits per heavy atom.